The van der Waals surface area contributed by atoms with Gasteiger partial charge in [0.2, 0.25) is 0 Å². The van der Waals surface area contributed by atoms with E-state index >= 15 is 0 Å². The highest BCUT2D eigenvalue weighted by Gasteiger charge is 2.21. The molecule has 1 atom stereocenters. The van der Waals surface area contributed by atoms with Crippen molar-refractivity contribution in [2.45, 2.75) is 26.4 Å². The topological polar surface area (TPSA) is 75.6 Å². The van der Waals surface area contributed by atoms with Gasteiger partial charge in [-0.2, -0.15) is 0 Å². The molecule has 0 aliphatic carbocycles. The number of hydrogen-bond acceptors (Lipinski definition) is 4. The molecular formula is C19H21NO4. The number of carbonyl (C=O) groups is 2. The molecule has 2 aromatic rings. The molecular weight excluding hydrogens is 306 g/mol. The molecule has 5 nitrogen and oxygen atoms in total. The van der Waals surface area contributed by atoms with E-state index in [0.29, 0.717) is 6.54 Å². The van der Waals surface area contributed by atoms with Crippen molar-refractivity contribution in [3.05, 3.63) is 70.3 Å². The van der Waals surface area contributed by atoms with Gasteiger partial charge in [0.1, 0.15) is 6.04 Å². The Morgan fingerprint density at radius 2 is 1.67 bits per heavy atom. The molecule has 1 unspecified atom stereocenters. The van der Waals surface area contributed by atoms with Crippen molar-refractivity contribution in [1.29, 1.82) is 0 Å². The molecule has 0 radical (unpaired) electrons. The molecule has 0 aromatic heterocycles. The second kappa shape index (κ2) is 7.75. The van der Waals surface area contributed by atoms with Crippen molar-refractivity contribution in [1.82, 2.24) is 5.32 Å². The molecule has 2 N–H and O–H groups in total. The van der Waals surface area contributed by atoms with Crippen LogP contribution in [0.5, 0.6) is 0 Å². The van der Waals surface area contributed by atoms with Gasteiger partial charge < -0.3 is 9.84 Å². The third-order valence-electron chi connectivity index (χ3n) is 3.73. The van der Waals surface area contributed by atoms with Crippen molar-refractivity contribution in [2.24, 2.45) is 0 Å². The molecule has 0 amide bonds. The summed E-state index contributed by atoms with van der Waals surface area (Å²) < 4.78 is 4.91. The molecule has 0 saturated heterocycles. The minimum Gasteiger partial charge on any atom is -0.478 e. The van der Waals surface area contributed by atoms with Gasteiger partial charge in [0.05, 0.1) is 12.7 Å². The van der Waals surface area contributed by atoms with E-state index < -0.39 is 12.0 Å². The van der Waals surface area contributed by atoms with E-state index in [9.17, 15) is 9.59 Å². The molecule has 0 heterocycles. The highest BCUT2D eigenvalue weighted by atomic mass is 16.5. The summed E-state index contributed by atoms with van der Waals surface area (Å²) >= 11 is 0. The summed E-state index contributed by atoms with van der Waals surface area (Å²) in [6.45, 7) is 4.39. The Balaban J connectivity index is 2.17. The number of rotatable bonds is 6. The van der Waals surface area contributed by atoms with Gasteiger partial charge in [-0.15, -0.1) is 0 Å². The molecule has 0 aliphatic heterocycles. The summed E-state index contributed by atoms with van der Waals surface area (Å²) in [6, 6.07) is 11.9. The van der Waals surface area contributed by atoms with E-state index in [1.165, 1.54) is 7.11 Å². The number of carboxylic acid groups (broad SMARTS) is 1. The lowest BCUT2D eigenvalue weighted by molar-refractivity contribution is -0.143. The quantitative estimate of drug-likeness (QED) is 0.798. The van der Waals surface area contributed by atoms with E-state index in [1.54, 1.807) is 24.3 Å². The average Bonchev–Trinajstić information content (AvgIpc) is 2.54. The number of hydrogen-bond donors (Lipinski definition) is 2. The lowest BCUT2D eigenvalue weighted by Crippen LogP contribution is -2.29. The maximum Gasteiger partial charge on any atom is 0.335 e. The lowest BCUT2D eigenvalue weighted by Gasteiger charge is -2.18. The van der Waals surface area contributed by atoms with Crippen molar-refractivity contribution < 1.29 is 19.4 Å². The lowest BCUT2D eigenvalue weighted by atomic mass is 10.0. The van der Waals surface area contributed by atoms with Crippen LogP contribution in [-0.4, -0.2) is 24.2 Å². The van der Waals surface area contributed by atoms with Gasteiger partial charge in [0.25, 0.3) is 0 Å². The van der Waals surface area contributed by atoms with Gasteiger partial charge in [-0.25, -0.2) is 9.59 Å². The summed E-state index contributed by atoms with van der Waals surface area (Å²) in [4.78, 5) is 23.0. The highest BCUT2D eigenvalue weighted by molar-refractivity contribution is 5.87. The molecule has 0 aliphatic rings. The predicted molar refractivity (Wildman–Crippen MR) is 90.9 cm³/mol. The van der Waals surface area contributed by atoms with E-state index in [-0.39, 0.29) is 11.5 Å². The summed E-state index contributed by atoms with van der Waals surface area (Å²) in [6.07, 6.45) is 0. The third-order valence-corrected chi connectivity index (χ3v) is 3.73. The Bertz CT molecular complexity index is 717. The zero-order chi connectivity index (χ0) is 17.7. The van der Waals surface area contributed by atoms with Gasteiger partial charge in [0.15, 0.2) is 0 Å². The molecule has 0 spiro atoms. The summed E-state index contributed by atoms with van der Waals surface area (Å²) in [5, 5.41) is 12.1. The number of carbonyl (C=O) groups excluding carboxylic acids is 1. The van der Waals surface area contributed by atoms with Crippen molar-refractivity contribution >= 4 is 11.9 Å². The van der Waals surface area contributed by atoms with Crippen LogP contribution >= 0.6 is 0 Å². The van der Waals surface area contributed by atoms with Crippen molar-refractivity contribution in [3.8, 4) is 0 Å². The summed E-state index contributed by atoms with van der Waals surface area (Å²) in [5.41, 5.74) is 4.12. The van der Waals surface area contributed by atoms with Crippen LogP contribution in [0.3, 0.4) is 0 Å². The number of carboxylic acids is 1. The van der Waals surface area contributed by atoms with Crippen LogP contribution in [0.4, 0.5) is 0 Å². The largest absolute Gasteiger partial charge is 0.478 e. The fraction of sp³-hybridized carbons (Fsp3) is 0.263. The zero-order valence-corrected chi connectivity index (χ0v) is 14.0. The van der Waals surface area contributed by atoms with E-state index in [1.807, 2.05) is 32.0 Å². The molecule has 24 heavy (non-hydrogen) atoms. The number of methoxy groups -OCH3 is 1. The SMILES string of the molecule is COC(=O)C(NCc1ccc(C(=O)O)cc1)c1cc(C)cc(C)c1. The molecule has 126 valence electrons. The monoisotopic (exact) mass is 327 g/mol. The van der Waals surface area contributed by atoms with E-state index in [2.05, 4.69) is 5.32 Å². The number of nitrogens with one attached hydrogen (secondary N) is 1. The molecule has 0 saturated carbocycles. The van der Waals surface area contributed by atoms with Crippen LogP contribution in [0.15, 0.2) is 42.5 Å². The van der Waals surface area contributed by atoms with Crippen LogP contribution in [0.1, 0.15) is 38.7 Å². The summed E-state index contributed by atoms with van der Waals surface area (Å²) in [5.74, 6) is -1.32. The minimum atomic E-state index is -0.961. The van der Waals surface area contributed by atoms with Crippen LogP contribution < -0.4 is 5.32 Å². The fourth-order valence-electron chi connectivity index (χ4n) is 2.62. The van der Waals surface area contributed by atoms with Crippen LogP contribution in [0.25, 0.3) is 0 Å². The Kier molecular flexibility index (Phi) is 5.71. The molecule has 5 heteroatoms. The number of esters is 1. The molecule has 0 fully saturated rings. The van der Waals surface area contributed by atoms with Crippen molar-refractivity contribution in [2.75, 3.05) is 7.11 Å². The first-order chi connectivity index (χ1) is 11.4. The number of benzene rings is 2. The second-order valence-electron chi connectivity index (χ2n) is 5.76. The predicted octanol–water partition coefficient (Wildman–Crippen LogP) is 3.01. The average molecular weight is 327 g/mol. The van der Waals surface area contributed by atoms with Crippen LogP contribution in [-0.2, 0) is 16.1 Å². The Morgan fingerprint density at radius 1 is 1.08 bits per heavy atom. The van der Waals surface area contributed by atoms with Gasteiger partial charge in [-0.05, 0) is 37.1 Å². The number of aromatic carboxylic acids is 1. The van der Waals surface area contributed by atoms with Gasteiger partial charge >= 0.3 is 11.9 Å². The first-order valence-electron chi connectivity index (χ1n) is 7.62. The molecule has 2 rings (SSSR count). The number of aryl methyl sites for hydroxylation is 2. The normalized spacial score (nSPS) is 11.8. The van der Waals surface area contributed by atoms with Gasteiger partial charge in [-0.1, -0.05) is 41.5 Å². The van der Waals surface area contributed by atoms with Crippen LogP contribution in [0, 0.1) is 13.8 Å². The standard InChI is InChI=1S/C19H21NO4/c1-12-8-13(2)10-16(9-12)17(19(23)24-3)20-11-14-4-6-15(7-5-14)18(21)22/h4-10,17,20H,11H2,1-3H3,(H,21,22). The van der Waals surface area contributed by atoms with E-state index in [4.69, 9.17) is 9.84 Å². The van der Waals surface area contributed by atoms with Crippen LogP contribution in [0.2, 0.25) is 0 Å². The highest BCUT2D eigenvalue weighted by Crippen LogP contribution is 2.19. The maximum absolute atomic E-state index is 12.1. The summed E-state index contributed by atoms with van der Waals surface area (Å²) in [7, 11) is 1.36. The Hall–Kier alpha value is -2.66. The number of ether oxygens (including phenoxy) is 1. The smallest absolute Gasteiger partial charge is 0.335 e. The maximum atomic E-state index is 12.1. The second-order valence-corrected chi connectivity index (χ2v) is 5.76. The molecule has 2 aromatic carbocycles. The van der Waals surface area contributed by atoms with Gasteiger partial charge in [0, 0.05) is 6.54 Å². The fourth-order valence-corrected chi connectivity index (χ4v) is 2.62. The minimum absolute atomic E-state index is 0.234. The Labute approximate surface area is 141 Å². The van der Waals surface area contributed by atoms with E-state index in [0.717, 1.165) is 22.3 Å². The third kappa shape index (κ3) is 4.43. The molecule has 0 bridgehead atoms. The van der Waals surface area contributed by atoms with Gasteiger partial charge in [-0.3, -0.25) is 5.32 Å². The first kappa shape index (κ1) is 17.7. The zero-order valence-electron chi connectivity index (χ0n) is 14.0. The van der Waals surface area contributed by atoms with Crippen molar-refractivity contribution in [3.63, 3.8) is 0 Å². The Morgan fingerprint density at radius 3 is 2.17 bits per heavy atom. The first-order valence-corrected chi connectivity index (χ1v) is 7.62.